The first kappa shape index (κ1) is 18.7. The molecular formula is C21H24N2O5. The van der Waals surface area contributed by atoms with Crippen LogP contribution in [-0.4, -0.2) is 47.6 Å². The highest BCUT2D eigenvalue weighted by molar-refractivity contribution is 5.72. The van der Waals surface area contributed by atoms with Gasteiger partial charge in [0.1, 0.15) is 30.2 Å². The SMILES string of the molecule is OCC1CCCCN1OCCOc1ccc(Oc2nc3ccccc3o2)cc1. The highest BCUT2D eigenvalue weighted by atomic mass is 16.7. The van der Waals surface area contributed by atoms with Crippen LogP contribution < -0.4 is 9.47 Å². The van der Waals surface area contributed by atoms with Crippen molar-refractivity contribution in [1.82, 2.24) is 10.0 Å². The summed E-state index contributed by atoms with van der Waals surface area (Å²) in [5.41, 5.74) is 1.45. The number of aliphatic hydroxyl groups is 1. The van der Waals surface area contributed by atoms with E-state index in [1.54, 1.807) is 12.1 Å². The number of fused-ring (bicyclic) bond motifs is 1. The number of piperidine rings is 1. The highest BCUT2D eigenvalue weighted by Gasteiger charge is 2.22. The zero-order valence-corrected chi connectivity index (χ0v) is 15.6. The van der Waals surface area contributed by atoms with Crippen LogP contribution in [0.3, 0.4) is 0 Å². The molecule has 1 N–H and O–H groups in total. The number of aromatic nitrogens is 1. The summed E-state index contributed by atoms with van der Waals surface area (Å²) in [6.07, 6.45) is 3.42. The minimum Gasteiger partial charge on any atom is -0.491 e. The van der Waals surface area contributed by atoms with E-state index in [2.05, 4.69) is 4.98 Å². The summed E-state index contributed by atoms with van der Waals surface area (Å²) in [6, 6.07) is 14.9. The van der Waals surface area contributed by atoms with Crippen LogP contribution in [0.1, 0.15) is 19.3 Å². The lowest BCUT2D eigenvalue weighted by molar-refractivity contribution is -0.208. The van der Waals surface area contributed by atoms with Crippen LogP contribution in [-0.2, 0) is 4.84 Å². The monoisotopic (exact) mass is 384 g/mol. The molecule has 1 aliphatic rings. The van der Waals surface area contributed by atoms with Crippen molar-refractivity contribution in [1.29, 1.82) is 0 Å². The quantitative estimate of drug-likeness (QED) is 0.592. The molecule has 7 heteroatoms. The fraction of sp³-hybridized carbons (Fsp3) is 0.381. The zero-order chi connectivity index (χ0) is 19.2. The molecule has 0 aliphatic carbocycles. The number of nitrogens with zero attached hydrogens (tertiary/aromatic N) is 2. The van der Waals surface area contributed by atoms with Crippen LogP contribution in [0.4, 0.5) is 0 Å². The highest BCUT2D eigenvalue weighted by Crippen LogP contribution is 2.26. The van der Waals surface area contributed by atoms with Gasteiger partial charge in [-0.15, -0.1) is 0 Å². The molecule has 4 rings (SSSR count). The Morgan fingerprint density at radius 3 is 2.68 bits per heavy atom. The maximum Gasteiger partial charge on any atom is 0.400 e. The van der Waals surface area contributed by atoms with Crippen molar-refractivity contribution in [3.05, 3.63) is 48.5 Å². The number of hydroxylamine groups is 2. The second-order valence-electron chi connectivity index (χ2n) is 6.68. The van der Waals surface area contributed by atoms with Crippen molar-refractivity contribution < 1.29 is 23.8 Å². The van der Waals surface area contributed by atoms with Gasteiger partial charge in [-0.25, -0.2) is 0 Å². The number of benzene rings is 2. The second kappa shape index (κ2) is 9.05. The number of oxazole rings is 1. The molecular weight excluding hydrogens is 360 g/mol. The number of hydrogen-bond acceptors (Lipinski definition) is 7. The lowest BCUT2D eigenvalue weighted by atomic mass is 10.1. The van der Waals surface area contributed by atoms with E-state index >= 15 is 0 Å². The van der Waals surface area contributed by atoms with Crippen molar-refractivity contribution in [2.45, 2.75) is 25.3 Å². The molecule has 0 saturated carbocycles. The molecule has 0 amide bonds. The van der Waals surface area contributed by atoms with Gasteiger partial charge < -0.3 is 19.0 Å². The maximum atomic E-state index is 9.39. The third-order valence-corrected chi connectivity index (χ3v) is 4.70. The van der Waals surface area contributed by atoms with E-state index in [1.165, 1.54) is 0 Å². The predicted octanol–water partition coefficient (Wildman–Crippen LogP) is 3.78. The molecule has 7 nitrogen and oxygen atoms in total. The van der Waals surface area contributed by atoms with E-state index in [0.29, 0.717) is 24.5 Å². The van der Waals surface area contributed by atoms with Crippen molar-refractivity contribution >= 4 is 11.1 Å². The summed E-state index contributed by atoms with van der Waals surface area (Å²) < 4.78 is 16.9. The molecule has 148 valence electrons. The number of hydrogen-bond donors (Lipinski definition) is 1. The maximum absolute atomic E-state index is 9.39. The van der Waals surface area contributed by atoms with Crippen LogP contribution in [0.15, 0.2) is 52.9 Å². The molecule has 2 aromatic carbocycles. The largest absolute Gasteiger partial charge is 0.491 e. The molecule has 2 heterocycles. The molecule has 1 saturated heterocycles. The van der Waals surface area contributed by atoms with Gasteiger partial charge in [0.2, 0.25) is 0 Å². The van der Waals surface area contributed by atoms with Crippen LogP contribution >= 0.6 is 0 Å². The first-order valence-corrected chi connectivity index (χ1v) is 9.58. The lowest BCUT2D eigenvalue weighted by Gasteiger charge is -2.33. The summed E-state index contributed by atoms with van der Waals surface area (Å²) in [5, 5.41) is 11.3. The van der Waals surface area contributed by atoms with Crippen LogP contribution in [0.2, 0.25) is 0 Å². The second-order valence-corrected chi connectivity index (χ2v) is 6.68. The first-order chi connectivity index (χ1) is 13.8. The summed E-state index contributed by atoms with van der Waals surface area (Å²) >= 11 is 0. The van der Waals surface area contributed by atoms with Crippen LogP contribution in [0.25, 0.3) is 11.1 Å². The van der Waals surface area contributed by atoms with Gasteiger partial charge >= 0.3 is 6.08 Å². The topological polar surface area (TPSA) is 77.2 Å². The summed E-state index contributed by atoms with van der Waals surface area (Å²) in [7, 11) is 0. The van der Waals surface area contributed by atoms with Crippen LogP contribution in [0, 0.1) is 0 Å². The molecule has 28 heavy (non-hydrogen) atoms. The molecule has 1 aromatic heterocycles. The Morgan fingerprint density at radius 2 is 1.86 bits per heavy atom. The average Bonchev–Trinajstić information content (AvgIpc) is 3.15. The summed E-state index contributed by atoms with van der Waals surface area (Å²) in [6.45, 7) is 1.85. The number of rotatable bonds is 8. The minimum absolute atomic E-state index is 0.0945. The molecule has 3 aromatic rings. The third-order valence-electron chi connectivity index (χ3n) is 4.70. The third kappa shape index (κ3) is 4.62. The Morgan fingerprint density at radius 1 is 1.04 bits per heavy atom. The lowest BCUT2D eigenvalue weighted by Crippen LogP contribution is -2.42. The fourth-order valence-corrected chi connectivity index (χ4v) is 3.24. The number of aliphatic hydroxyl groups excluding tert-OH is 1. The van der Waals surface area contributed by atoms with Crippen molar-refractivity contribution in [2.24, 2.45) is 0 Å². The Balaban J connectivity index is 1.24. The fourth-order valence-electron chi connectivity index (χ4n) is 3.24. The van der Waals surface area contributed by atoms with E-state index in [9.17, 15) is 5.11 Å². The van der Waals surface area contributed by atoms with Gasteiger partial charge in [-0.3, -0.25) is 4.84 Å². The van der Waals surface area contributed by atoms with Gasteiger partial charge in [0.25, 0.3) is 0 Å². The van der Waals surface area contributed by atoms with Crippen molar-refractivity contribution in [3.63, 3.8) is 0 Å². The molecule has 0 bridgehead atoms. The molecule has 0 spiro atoms. The van der Waals surface area contributed by atoms with E-state index in [-0.39, 0.29) is 18.7 Å². The predicted molar refractivity (Wildman–Crippen MR) is 103 cm³/mol. The Hall–Kier alpha value is -2.61. The van der Waals surface area contributed by atoms with E-state index < -0.39 is 0 Å². The van der Waals surface area contributed by atoms with E-state index in [0.717, 1.165) is 37.1 Å². The smallest absolute Gasteiger partial charge is 0.400 e. The normalized spacial score (nSPS) is 17.7. The average molecular weight is 384 g/mol. The van der Waals surface area contributed by atoms with Gasteiger partial charge in [0, 0.05) is 6.54 Å². The Kier molecular flexibility index (Phi) is 6.06. The molecule has 1 unspecified atom stereocenters. The van der Waals surface area contributed by atoms with Crippen LogP contribution in [0.5, 0.6) is 17.6 Å². The van der Waals surface area contributed by atoms with Gasteiger partial charge in [-0.2, -0.15) is 10.0 Å². The number of para-hydroxylation sites is 2. The van der Waals surface area contributed by atoms with E-state index in [1.807, 2.05) is 41.5 Å². The van der Waals surface area contributed by atoms with E-state index in [4.69, 9.17) is 18.7 Å². The Labute approximate surface area is 163 Å². The molecule has 0 radical (unpaired) electrons. The summed E-state index contributed by atoms with van der Waals surface area (Å²) in [5.74, 6) is 1.35. The minimum atomic E-state index is 0.0945. The zero-order valence-electron chi connectivity index (χ0n) is 15.6. The van der Waals surface area contributed by atoms with Gasteiger partial charge in [-0.05, 0) is 49.2 Å². The van der Waals surface area contributed by atoms with Crippen molar-refractivity contribution in [3.8, 4) is 17.6 Å². The standard InChI is InChI=1S/C21H24N2O5/c24-15-16-5-3-4-12-23(16)26-14-13-25-17-8-10-18(11-9-17)27-21-22-19-6-1-2-7-20(19)28-21/h1-2,6-11,16,24H,3-5,12-15H2. The van der Waals surface area contributed by atoms with Gasteiger partial charge in [0.05, 0.1) is 12.6 Å². The molecule has 1 atom stereocenters. The van der Waals surface area contributed by atoms with Gasteiger partial charge in [0.15, 0.2) is 5.58 Å². The molecule has 1 aliphatic heterocycles. The van der Waals surface area contributed by atoms with Gasteiger partial charge in [-0.1, -0.05) is 18.6 Å². The number of ether oxygens (including phenoxy) is 2. The van der Waals surface area contributed by atoms with Crippen molar-refractivity contribution in [2.75, 3.05) is 26.4 Å². The summed E-state index contributed by atoms with van der Waals surface area (Å²) in [4.78, 5) is 10.0. The first-order valence-electron chi connectivity index (χ1n) is 9.58. The Bertz CT molecular complexity index is 847. The molecule has 1 fully saturated rings.